The molecular formula is C20H27N3O3S. The molecule has 1 saturated heterocycles. The van der Waals surface area contributed by atoms with Gasteiger partial charge in [-0.15, -0.1) is 11.3 Å². The molecule has 146 valence electrons. The van der Waals surface area contributed by atoms with E-state index >= 15 is 0 Å². The monoisotopic (exact) mass is 389 g/mol. The van der Waals surface area contributed by atoms with Gasteiger partial charge < -0.3 is 25.0 Å². The first-order chi connectivity index (χ1) is 13.1. The van der Waals surface area contributed by atoms with Crippen LogP contribution in [0.15, 0.2) is 41.8 Å². The van der Waals surface area contributed by atoms with Gasteiger partial charge in [0.05, 0.1) is 12.1 Å². The van der Waals surface area contributed by atoms with Gasteiger partial charge in [0.2, 0.25) is 0 Å². The second-order valence-electron chi connectivity index (χ2n) is 6.80. The van der Waals surface area contributed by atoms with Crippen molar-refractivity contribution in [3.8, 4) is 5.75 Å². The fourth-order valence-electron chi connectivity index (χ4n) is 2.98. The average Bonchev–Trinajstić information content (AvgIpc) is 3.35. The summed E-state index contributed by atoms with van der Waals surface area (Å²) in [5.74, 6) is 0.779. The van der Waals surface area contributed by atoms with Crippen LogP contribution in [0.4, 0.5) is 10.5 Å². The van der Waals surface area contributed by atoms with Crippen molar-refractivity contribution in [2.45, 2.75) is 25.0 Å². The smallest absolute Gasteiger partial charge is 0.319 e. The molecule has 2 N–H and O–H groups in total. The first-order valence-electron chi connectivity index (χ1n) is 9.21. The van der Waals surface area contributed by atoms with Gasteiger partial charge in [0, 0.05) is 23.7 Å². The Morgan fingerprint density at radius 2 is 2.15 bits per heavy atom. The second kappa shape index (κ2) is 9.73. The van der Waals surface area contributed by atoms with Crippen LogP contribution < -0.4 is 15.4 Å². The fraction of sp³-hybridized carbons (Fsp3) is 0.450. The van der Waals surface area contributed by atoms with Crippen molar-refractivity contribution < 1.29 is 14.3 Å². The molecule has 1 aromatic heterocycles. The number of ether oxygens (including phenoxy) is 2. The maximum Gasteiger partial charge on any atom is 0.319 e. The molecule has 1 aromatic carbocycles. The summed E-state index contributed by atoms with van der Waals surface area (Å²) in [7, 11) is 4.03. The van der Waals surface area contributed by atoms with E-state index in [-0.39, 0.29) is 18.2 Å². The molecule has 27 heavy (non-hydrogen) atoms. The van der Waals surface area contributed by atoms with Crippen LogP contribution >= 0.6 is 11.3 Å². The maximum atomic E-state index is 12.2. The number of rotatable bonds is 8. The van der Waals surface area contributed by atoms with Crippen molar-refractivity contribution in [1.82, 2.24) is 10.2 Å². The first-order valence-corrected chi connectivity index (χ1v) is 10.1. The predicted octanol–water partition coefficient (Wildman–Crippen LogP) is 3.73. The Bertz CT molecular complexity index is 698. The minimum atomic E-state index is -0.216. The van der Waals surface area contributed by atoms with Crippen LogP contribution in [0, 0.1) is 0 Å². The van der Waals surface area contributed by atoms with Crippen molar-refractivity contribution in [2.24, 2.45) is 0 Å². The summed E-state index contributed by atoms with van der Waals surface area (Å²) < 4.78 is 11.3. The van der Waals surface area contributed by atoms with Gasteiger partial charge in [-0.3, -0.25) is 0 Å². The van der Waals surface area contributed by atoms with E-state index in [9.17, 15) is 4.79 Å². The summed E-state index contributed by atoms with van der Waals surface area (Å²) in [5.41, 5.74) is 0.731. The molecule has 1 fully saturated rings. The number of hydrogen-bond donors (Lipinski definition) is 2. The minimum absolute atomic E-state index is 0.157. The molecule has 0 spiro atoms. The number of carbonyl (C=O) groups excluding carboxylic acids is 1. The molecular weight excluding hydrogens is 362 g/mol. The van der Waals surface area contributed by atoms with Crippen molar-refractivity contribution in [3.05, 3.63) is 46.7 Å². The first kappa shape index (κ1) is 19.7. The van der Waals surface area contributed by atoms with Crippen molar-refractivity contribution in [1.29, 1.82) is 0 Å². The fourth-order valence-corrected chi connectivity index (χ4v) is 3.91. The predicted molar refractivity (Wildman–Crippen MR) is 109 cm³/mol. The molecule has 3 rings (SSSR count). The molecule has 0 aliphatic carbocycles. The molecule has 0 saturated carbocycles. The zero-order valence-corrected chi connectivity index (χ0v) is 16.6. The van der Waals surface area contributed by atoms with Gasteiger partial charge in [0.25, 0.3) is 0 Å². The number of amides is 2. The van der Waals surface area contributed by atoms with E-state index in [4.69, 9.17) is 9.47 Å². The normalized spacial score (nSPS) is 17.7. The lowest BCUT2D eigenvalue weighted by Crippen LogP contribution is -2.36. The van der Waals surface area contributed by atoms with Gasteiger partial charge in [0.1, 0.15) is 12.4 Å². The zero-order chi connectivity index (χ0) is 19.1. The Hall–Kier alpha value is -2.09. The van der Waals surface area contributed by atoms with Gasteiger partial charge in [0.15, 0.2) is 0 Å². The largest absolute Gasteiger partial charge is 0.491 e. The van der Waals surface area contributed by atoms with Crippen molar-refractivity contribution in [3.63, 3.8) is 0 Å². The molecule has 0 bridgehead atoms. The van der Waals surface area contributed by atoms with E-state index in [2.05, 4.69) is 21.6 Å². The number of likely N-dealkylation sites (N-methyl/N-ethyl adjacent to an activating group) is 1. The van der Waals surface area contributed by atoms with Gasteiger partial charge in [-0.1, -0.05) is 6.07 Å². The van der Waals surface area contributed by atoms with Crippen molar-refractivity contribution in [2.75, 3.05) is 39.2 Å². The lowest BCUT2D eigenvalue weighted by Gasteiger charge is -2.23. The van der Waals surface area contributed by atoms with E-state index in [0.717, 1.165) is 30.9 Å². The van der Waals surface area contributed by atoms with Crippen LogP contribution in [0.25, 0.3) is 0 Å². The highest BCUT2D eigenvalue weighted by molar-refractivity contribution is 7.10. The van der Waals surface area contributed by atoms with Gasteiger partial charge in [-0.2, -0.15) is 0 Å². The van der Waals surface area contributed by atoms with E-state index in [1.165, 1.54) is 4.88 Å². The number of thiophene rings is 1. The van der Waals surface area contributed by atoms with Gasteiger partial charge >= 0.3 is 6.03 Å². The summed E-state index contributed by atoms with van der Waals surface area (Å²) in [5, 5.41) is 7.86. The molecule has 2 aromatic rings. The summed E-state index contributed by atoms with van der Waals surface area (Å²) in [6, 6.07) is 11.5. The zero-order valence-electron chi connectivity index (χ0n) is 15.8. The van der Waals surface area contributed by atoms with Crippen molar-refractivity contribution >= 4 is 23.1 Å². The number of hydrogen-bond acceptors (Lipinski definition) is 5. The quantitative estimate of drug-likeness (QED) is 0.722. The molecule has 6 nitrogen and oxygen atoms in total. The number of urea groups is 1. The molecule has 1 aliphatic rings. The second-order valence-corrected chi connectivity index (χ2v) is 7.78. The lowest BCUT2D eigenvalue weighted by atomic mass is 10.2. The van der Waals surface area contributed by atoms with E-state index in [1.54, 1.807) is 11.3 Å². The maximum absolute atomic E-state index is 12.2. The Balaban J connectivity index is 1.44. The molecule has 0 radical (unpaired) electrons. The van der Waals surface area contributed by atoms with Crippen LogP contribution in [-0.4, -0.2) is 50.9 Å². The SMILES string of the molecule is CN(C)[C@H](CNC(=O)Nc1ccc(OC[C@@H]2CCCO2)cc1)c1cccs1. The topological polar surface area (TPSA) is 62.8 Å². The molecule has 0 unspecified atom stereocenters. The molecule has 7 heteroatoms. The summed E-state index contributed by atoms with van der Waals surface area (Å²) in [6.45, 7) is 1.94. The van der Waals surface area contributed by atoms with Crippen LogP contribution in [0.3, 0.4) is 0 Å². The van der Waals surface area contributed by atoms with Crippen LogP contribution in [-0.2, 0) is 4.74 Å². The van der Waals surface area contributed by atoms with Crippen LogP contribution in [0.5, 0.6) is 5.75 Å². The van der Waals surface area contributed by atoms with Gasteiger partial charge in [-0.05, 0) is 62.6 Å². The molecule has 1 aliphatic heterocycles. The Kier molecular flexibility index (Phi) is 7.09. The summed E-state index contributed by atoms with van der Waals surface area (Å²) >= 11 is 1.69. The average molecular weight is 390 g/mol. The van der Waals surface area contributed by atoms with Crippen LogP contribution in [0.1, 0.15) is 23.8 Å². The highest BCUT2D eigenvalue weighted by Crippen LogP contribution is 2.22. The number of nitrogens with zero attached hydrogens (tertiary/aromatic N) is 1. The number of anilines is 1. The highest BCUT2D eigenvalue weighted by atomic mass is 32.1. The van der Waals surface area contributed by atoms with Gasteiger partial charge in [-0.25, -0.2) is 4.79 Å². The Morgan fingerprint density at radius 1 is 1.33 bits per heavy atom. The molecule has 2 atom stereocenters. The lowest BCUT2D eigenvalue weighted by molar-refractivity contribution is 0.0679. The Labute approximate surface area is 164 Å². The minimum Gasteiger partial charge on any atom is -0.491 e. The molecule has 2 heterocycles. The number of nitrogens with one attached hydrogen (secondary N) is 2. The van der Waals surface area contributed by atoms with E-state index < -0.39 is 0 Å². The van der Waals surface area contributed by atoms with E-state index in [0.29, 0.717) is 13.2 Å². The standard InChI is InChI=1S/C20H27N3O3S/c1-23(2)18(19-6-4-12-27-19)13-21-20(24)22-15-7-9-16(10-8-15)26-14-17-5-3-11-25-17/h4,6-10,12,17-18H,3,5,11,13-14H2,1-2H3,(H2,21,22,24)/t17-,18+/m0/s1. The van der Waals surface area contributed by atoms with Crippen LogP contribution in [0.2, 0.25) is 0 Å². The number of benzene rings is 1. The third kappa shape index (κ3) is 5.95. The van der Waals surface area contributed by atoms with E-state index in [1.807, 2.05) is 49.8 Å². The third-order valence-electron chi connectivity index (χ3n) is 4.52. The number of carbonyl (C=O) groups is 1. The highest BCUT2D eigenvalue weighted by Gasteiger charge is 2.17. The summed E-state index contributed by atoms with van der Waals surface area (Å²) in [4.78, 5) is 15.5. The molecule has 2 amide bonds. The third-order valence-corrected chi connectivity index (χ3v) is 5.50. The Morgan fingerprint density at radius 3 is 2.78 bits per heavy atom. The summed E-state index contributed by atoms with van der Waals surface area (Å²) in [6.07, 6.45) is 2.36.